The molecule has 0 aromatic heterocycles. The number of carboxylic acid groups (broad SMARTS) is 1. The van der Waals surface area contributed by atoms with Gasteiger partial charge in [0.15, 0.2) is 0 Å². The number of hydrogen-bond donors (Lipinski definition) is 4. The summed E-state index contributed by atoms with van der Waals surface area (Å²) in [5.41, 5.74) is 1.92. The highest BCUT2D eigenvalue weighted by atomic mass is 16.4. The number of carbonyl (C=O) groups excluding carboxylic acids is 2. The lowest BCUT2D eigenvalue weighted by Gasteiger charge is -2.19. The molecule has 7 heteroatoms. The Kier molecular flexibility index (Phi) is 7.37. The van der Waals surface area contributed by atoms with Crippen molar-refractivity contribution in [1.82, 2.24) is 10.6 Å². The number of rotatable bonds is 8. The van der Waals surface area contributed by atoms with Crippen molar-refractivity contribution in [2.24, 2.45) is 0 Å². The molecule has 0 saturated heterocycles. The minimum absolute atomic E-state index is 0.0378. The molecule has 3 amide bonds. The standard InChI is InChI=1S/C20H23N3O4/c1-21-19(26)15-8-5-9-16(13-15)22-20(27)23-17(10-11-18(24)25)12-14-6-3-2-4-7-14/h2-9,13,17H,10-12H2,1H3,(H,21,26)(H,24,25)(H2,22,23,27). The van der Waals surface area contributed by atoms with Crippen molar-refractivity contribution in [1.29, 1.82) is 0 Å². The van der Waals surface area contributed by atoms with Crippen LogP contribution in [0, 0.1) is 0 Å². The van der Waals surface area contributed by atoms with Crippen molar-refractivity contribution >= 4 is 23.6 Å². The Labute approximate surface area is 157 Å². The topological polar surface area (TPSA) is 108 Å². The van der Waals surface area contributed by atoms with Crippen LogP contribution in [0.3, 0.4) is 0 Å². The third-order valence-electron chi connectivity index (χ3n) is 3.98. The summed E-state index contributed by atoms with van der Waals surface area (Å²) in [5.74, 6) is -1.16. The number of nitrogens with one attached hydrogen (secondary N) is 3. The van der Waals surface area contributed by atoms with Crippen LogP contribution in [0.15, 0.2) is 54.6 Å². The van der Waals surface area contributed by atoms with Crippen LogP contribution < -0.4 is 16.0 Å². The molecule has 0 spiro atoms. The van der Waals surface area contributed by atoms with Crippen LogP contribution in [-0.4, -0.2) is 36.1 Å². The zero-order chi connectivity index (χ0) is 19.6. The molecule has 0 aliphatic carbocycles. The molecule has 0 heterocycles. The van der Waals surface area contributed by atoms with E-state index in [2.05, 4.69) is 16.0 Å². The van der Waals surface area contributed by atoms with Gasteiger partial charge in [-0.05, 0) is 36.6 Å². The average Bonchev–Trinajstić information content (AvgIpc) is 2.66. The van der Waals surface area contributed by atoms with Crippen molar-refractivity contribution in [2.75, 3.05) is 12.4 Å². The van der Waals surface area contributed by atoms with Crippen molar-refractivity contribution in [3.05, 3.63) is 65.7 Å². The Morgan fingerprint density at radius 3 is 2.44 bits per heavy atom. The molecule has 0 aliphatic heterocycles. The van der Waals surface area contributed by atoms with E-state index in [1.165, 1.54) is 7.05 Å². The molecular weight excluding hydrogens is 346 g/mol. The quantitative estimate of drug-likeness (QED) is 0.574. The van der Waals surface area contributed by atoms with E-state index in [0.717, 1.165) is 5.56 Å². The zero-order valence-electron chi connectivity index (χ0n) is 15.1. The first-order valence-electron chi connectivity index (χ1n) is 8.63. The number of amides is 3. The van der Waals surface area contributed by atoms with Crippen molar-refractivity contribution < 1.29 is 19.5 Å². The minimum Gasteiger partial charge on any atom is -0.481 e. The monoisotopic (exact) mass is 369 g/mol. The minimum atomic E-state index is -0.909. The molecule has 2 rings (SSSR count). The predicted molar refractivity (Wildman–Crippen MR) is 103 cm³/mol. The van der Waals surface area contributed by atoms with E-state index in [4.69, 9.17) is 5.11 Å². The molecule has 27 heavy (non-hydrogen) atoms. The van der Waals surface area contributed by atoms with Crippen LogP contribution >= 0.6 is 0 Å². The number of carboxylic acids is 1. The van der Waals surface area contributed by atoms with E-state index >= 15 is 0 Å². The summed E-state index contributed by atoms with van der Waals surface area (Å²) in [4.78, 5) is 34.9. The lowest BCUT2D eigenvalue weighted by atomic mass is 10.0. The molecule has 0 radical (unpaired) electrons. The van der Waals surface area contributed by atoms with Crippen LogP contribution in [0.4, 0.5) is 10.5 Å². The van der Waals surface area contributed by atoms with Gasteiger partial charge in [-0.2, -0.15) is 0 Å². The molecule has 1 atom stereocenters. The van der Waals surface area contributed by atoms with Crippen molar-refractivity contribution in [3.8, 4) is 0 Å². The van der Waals surface area contributed by atoms with E-state index in [1.54, 1.807) is 24.3 Å². The van der Waals surface area contributed by atoms with Crippen LogP contribution in [0.1, 0.15) is 28.8 Å². The molecule has 4 N–H and O–H groups in total. The molecule has 0 saturated carbocycles. The van der Waals surface area contributed by atoms with Gasteiger partial charge < -0.3 is 21.1 Å². The molecule has 1 unspecified atom stereocenters. The second-order valence-corrected chi connectivity index (χ2v) is 6.08. The summed E-state index contributed by atoms with van der Waals surface area (Å²) in [7, 11) is 1.53. The first-order valence-corrected chi connectivity index (χ1v) is 8.63. The van der Waals surface area contributed by atoms with Gasteiger partial charge in [0.1, 0.15) is 0 Å². The number of anilines is 1. The highest BCUT2D eigenvalue weighted by molar-refractivity contribution is 5.96. The van der Waals surface area contributed by atoms with E-state index in [1.807, 2.05) is 30.3 Å². The van der Waals surface area contributed by atoms with Crippen LogP contribution in [0.5, 0.6) is 0 Å². The number of carbonyl (C=O) groups is 3. The van der Waals surface area contributed by atoms with Gasteiger partial charge in [-0.1, -0.05) is 36.4 Å². The Bertz CT molecular complexity index is 793. The predicted octanol–water partition coefficient (Wildman–Crippen LogP) is 2.64. The molecule has 2 aromatic carbocycles. The Balaban J connectivity index is 2.01. The van der Waals surface area contributed by atoms with Gasteiger partial charge in [-0.15, -0.1) is 0 Å². The number of aliphatic carboxylic acids is 1. The highest BCUT2D eigenvalue weighted by Crippen LogP contribution is 2.12. The van der Waals surface area contributed by atoms with Crippen LogP contribution in [0.2, 0.25) is 0 Å². The molecule has 0 fully saturated rings. The highest BCUT2D eigenvalue weighted by Gasteiger charge is 2.15. The normalized spacial score (nSPS) is 11.3. The fourth-order valence-corrected chi connectivity index (χ4v) is 2.66. The van der Waals surface area contributed by atoms with Gasteiger partial charge in [0.05, 0.1) is 0 Å². The van der Waals surface area contributed by atoms with Gasteiger partial charge in [-0.3, -0.25) is 9.59 Å². The second kappa shape index (κ2) is 9.96. The molecule has 2 aromatic rings. The fourth-order valence-electron chi connectivity index (χ4n) is 2.66. The maximum atomic E-state index is 12.3. The van der Waals surface area contributed by atoms with Crippen LogP contribution in [-0.2, 0) is 11.2 Å². The first-order chi connectivity index (χ1) is 13.0. The molecule has 0 bridgehead atoms. The van der Waals surface area contributed by atoms with Gasteiger partial charge in [-0.25, -0.2) is 4.79 Å². The van der Waals surface area contributed by atoms with E-state index in [-0.39, 0.29) is 18.4 Å². The van der Waals surface area contributed by atoms with E-state index in [0.29, 0.717) is 24.1 Å². The summed E-state index contributed by atoms with van der Waals surface area (Å²) in [6.07, 6.45) is 0.805. The maximum Gasteiger partial charge on any atom is 0.319 e. The first kappa shape index (κ1) is 20.0. The number of urea groups is 1. The summed E-state index contributed by atoms with van der Waals surface area (Å²) in [6.45, 7) is 0. The summed E-state index contributed by atoms with van der Waals surface area (Å²) in [5, 5.41) is 17.0. The fraction of sp³-hybridized carbons (Fsp3) is 0.250. The molecular formula is C20H23N3O4. The molecule has 7 nitrogen and oxygen atoms in total. The maximum absolute atomic E-state index is 12.3. The van der Waals surface area contributed by atoms with E-state index < -0.39 is 12.0 Å². The Hall–Kier alpha value is -3.35. The van der Waals surface area contributed by atoms with Gasteiger partial charge in [0.2, 0.25) is 0 Å². The zero-order valence-corrected chi connectivity index (χ0v) is 15.1. The van der Waals surface area contributed by atoms with Gasteiger partial charge >= 0.3 is 12.0 Å². The third kappa shape index (κ3) is 6.81. The third-order valence-corrected chi connectivity index (χ3v) is 3.98. The average molecular weight is 369 g/mol. The summed E-state index contributed by atoms with van der Waals surface area (Å²) in [6, 6.07) is 15.3. The van der Waals surface area contributed by atoms with Gasteiger partial charge in [0, 0.05) is 30.8 Å². The lowest BCUT2D eigenvalue weighted by Crippen LogP contribution is -2.39. The lowest BCUT2D eigenvalue weighted by molar-refractivity contribution is -0.137. The molecule has 142 valence electrons. The Morgan fingerprint density at radius 2 is 1.78 bits per heavy atom. The second-order valence-electron chi connectivity index (χ2n) is 6.08. The Morgan fingerprint density at radius 1 is 1.04 bits per heavy atom. The summed E-state index contributed by atoms with van der Waals surface area (Å²) < 4.78 is 0. The van der Waals surface area contributed by atoms with Gasteiger partial charge in [0.25, 0.3) is 5.91 Å². The number of benzene rings is 2. The SMILES string of the molecule is CNC(=O)c1cccc(NC(=O)NC(CCC(=O)O)Cc2ccccc2)c1. The van der Waals surface area contributed by atoms with Crippen LogP contribution in [0.25, 0.3) is 0 Å². The van der Waals surface area contributed by atoms with Crippen molar-refractivity contribution in [3.63, 3.8) is 0 Å². The van der Waals surface area contributed by atoms with E-state index in [9.17, 15) is 14.4 Å². The summed E-state index contributed by atoms with van der Waals surface area (Å²) >= 11 is 0. The smallest absolute Gasteiger partial charge is 0.319 e. The largest absolute Gasteiger partial charge is 0.481 e. The number of hydrogen-bond acceptors (Lipinski definition) is 3. The van der Waals surface area contributed by atoms with Crippen molar-refractivity contribution in [2.45, 2.75) is 25.3 Å². The molecule has 0 aliphatic rings.